The summed E-state index contributed by atoms with van der Waals surface area (Å²) in [6, 6.07) is 15.2. The van der Waals surface area contributed by atoms with Crippen LogP contribution in [0.5, 0.6) is 0 Å². The van der Waals surface area contributed by atoms with Gasteiger partial charge in [0.1, 0.15) is 0 Å². The maximum absolute atomic E-state index is 12.3. The van der Waals surface area contributed by atoms with Crippen LogP contribution in [0.1, 0.15) is 10.4 Å². The maximum atomic E-state index is 12.3. The van der Waals surface area contributed by atoms with E-state index in [1.807, 2.05) is 42.5 Å². The summed E-state index contributed by atoms with van der Waals surface area (Å²) in [5.41, 5.74) is 2.14. The Hall–Kier alpha value is -1.72. The lowest BCUT2D eigenvalue weighted by Crippen LogP contribution is -2.12. The van der Waals surface area contributed by atoms with Gasteiger partial charge in [0.2, 0.25) is 0 Å². The number of anilines is 1. The number of hydrogen-bond donors (Lipinski definition) is 1. The van der Waals surface area contributed by atoms with E-state index in [2.05, 4.69) is 42.2 Å². The fraction of sp³-hybridized carbons (Fsp3) is 0. The molecule has 0 atom stereocenters. The summed E-state index contributed by atoms with van der Waals surface area (Å²) >= 11 is 6.76. The number of nitrogens with zero attached hydrogens (tertiary/aromatic N) is 1. The van der Waals surface area contributed by atoms with Crippen LogP contribution in [0.15, 0.2) is 63.7 Å². The Morgan fingerprint density at radius 2 is 1.86 bits per heavy atom. The molecule has 0 aliphatic rings. The highest BCUT2D eigenvalue weighted by molar-refractivity contribution is 9.11. The zero-order valence-electron chi connectivity index (χ0n) is 10.8. The molecular formula is C16H10Br2N2O. The second-order valence-electron chi connectivity index (χ2n) is 4.49. The molecule has 2 aromatic carbocycles. The van der Waals surface area contributed by atoms with E-state index in [0.717, 1.165) is 19.8 Å². The summed E-state index contributed by atoms with van der Waals surface area (Å²) < 4.78 is 1.60. The van der Waals surface area contributed by atoms with Crippen LogP contribution in [0.25, 0.3) is 10.9 Å². The summed E-state index contributed by atoms with van der Waals surface area (Å²) in [5, 5.41) is 3.86. The Balaban J connectivity index is 1.90. The minimum atomic E-state index is -0.180. The summed E-state index contributed by atoms with van der Waals surface area (Å²) in [4.78, 5) is 16.7. The third kappa shape index (κ3) is 3.14. The topological polar surface area (TPSA) is 42.0 Å². The molecule has 0 bridgehead atoms. The first-order valence-electron chi connectivity index (χ1n) is 6.25. The van der Waals surface area contributed by atoms with Crippen LogP contribution >= 0.6 is 31.9 Å². The van der Waals surface area contributed by atoms with E-state index in [1.54, 1.807) is 12.3 Å². The molecule has 0 aliphatic heterocycles. The molecule has 0 saturated heterocycles. The predicted octanol–water partition coefficient (Wildman–Crippen LogP) is 5.01. The van der Waals surface area contributed by atoms with Crippen LogP contribution in [0.4, 0.5) is 5.69 Å². The minimum Gasteiger partial charge on any atom is -0.321 e. The third-order valence-corrected chi connectivity index (χ3v) is 4.21. The number of para-hydroxylation sites is 1. The Kier molecular flexibility index (Phi) is 4.03. The van der Waals surface area contributed by atoms with Gasteiger partial charge in [-0.25, -0.2) is 0 Å². The molecule has 3 aromatic rings. The zero-order chi connectivity index (χ0) is 14.8. The normalized spacial score (nSPS) is 10.6. The molecular weight excluding hydrogens is 396 g/mol. The number of fused-ring (bicyclic) bond motifs is 1. The van der Waals surface area contributed by atoms with Crippen LogP contribution in [-0.2, 0) is 0 Å². The number of benzene rings is 2. The number of nitrogens with one attached hydrogen (secondary N) is 1. The van der Waals surface area contributed by atoms with E-state index in [4.69, 9.17) is 0 Å². The van der Waals surface area contributed by atoms with Crippen molar-refractivity contribution >= 4 is 54.4 Å². The Labute approximate surface area is 138 Å². The van der Waals surface area contributed by atoms with Crippen molar-refractivity contribution in [1.82, 2.24) is 4.98 Å². The van der Waals surface area contributed by atoms with Gasteiger partial charge in [0.25, 0.3) is 5.91 Å². The molecule has 1 N–H and O–H groups in total. The molecule has 1 heterocycles. The molecule has 0 fully saturated rings. The van der Waals surface area contributed by atoms with Crippen LogP contribution in [0.2, 0.25) is 0 Å². The van der Waals surface area contributed by atoms with Crippen molar-refractivity contribution in [2.75, 3.05) is 5.32 Å². The average Bonchev–Trinajstić information content (AvgIpc) is 2.49. The lowest BCUT2D eigenvalue weighted by Gasteiger charge is -2.08. The van der Waals surface area contributed by atoms with Gasteiger partial charge in [0, 0.05) is 14.3 Å². The van der Waals surface area contributed by atoms with Gasteiger partial charge in [0.05, 0.1) is 23.0 Å². The minimum absolute atomic E-state index is 0.180. The number of amides is 1. The third-order valence-electron chi connectivity index (χ3n) is 3.02. The molecule has 1 amide bonds. The molecule has 0 aliphatic carbocycles. The molecule has 1 aromatic heterocycles. The van der Waals surface area contributed by atoms with Gasteiger partial charge < -0.3 is 5.32 Å². The number of rotatable bonds is 2. The van der Waals surface area contributed by atoms with Gasteiger partial charge in [-0.05, 0) is 46.3 Å². The second-order valence-corrected chi connectivity index (χ2v) is 6.26. The smallest absolute Gasteiger partial charge is 0.256 e. The van der Waals surface area contributed by atoms with E-state index in [0.29, 0.717) is 11.3 Å². The monoisotopic (exact) mass is 404 g/mol. The SMILES string of the molecule is O=C(Nc1cnc2ccccc2c1)c1cc(Br)ccc1Br. The van der Waals surface area contributed by atoms with E-state index in [1.165, 1.54) is 0 Å². The molecule has 0 spiro atoms. The van der Waals surface area contributed by atoms with E-state index in [9.17, 15) is 4.79 Å². The maximum Gasteiger partial charge on any atom is 0.256 e. The van der Waals surface area contributed by atoms with Gasteiger partial charge in [-0.1, -0.05) is 34.1 Å². The van der Waals surface area contributed by atoms with Gasteiger partial charge in [-0.3, -0.25) is 9.78 Å². The Morgan fingerprint density at radius 1 is 1.05 bits per heavy atom. The predicted molar refractivity (Wildman–Crippen MR) is 91.5 cm³/mol. The summed E-state index contributed by atoms with van der Waals surface area (Å²) in [6.07, 6.45) is 1.66. The lowest BCUT2D eigenvalue weighted by molar-refractivity contribution is 0.102. The molecule has 104 valence electrons. The lowest BCUT2D eigenvalue weighted by atomic mass is 10.2. The van der Waals surface area contributed by atoms with Crippen LogP contribution in [-0.4, -0.2) is 10.9 Å². The van der Waals surface area contributed by atoms with Crippen LogP contribution in [0, 0.1) is 0 Å². The van der Waals surface area contributed by atoms with E-state index < -0.39 is 0 Å². The van der Waals surface area contributed by atoms with Gasteiger partial charge in [-0.2, -0.15) is 0 Å². The molecule has 3 rings (SSSR count). The molecule has 0 saturated carbocycles. The first kappa shape index (κ1) is 14.2. The number of halogens is 2. The van der Waals surface area contributed by atoms with Crippen molar-refractivity contribution < 1.29 is 4.79 Å². The highest BCUT2D eigenvalue weighted by Crippen LogP contribution is 2.23. The average molecular weight is 406 g/mol. The standard InChI is InChI=1S/C16H10Br2N2O/c17-11-5-6-14(18)13(8-11)16(21)20-12-7-10-3-1-2-4-15(10)19-9-12/h1-9H,(H,20,21). The molecule has 3 nitrogen and oxygen atoms in total. The molecule has 0 unspecified atom stereocenters. The van der Waals surface area contributed by atoms with Crippen molar-refractivity contribution in [2.24, 2.45) is 0 Å². The summed E-state index contributed by atoms with van der Waals surface area (Å²) in [7, 11) is 0. The van der Waals surface area contributed by atoms with Crippen molar-refractivity contribution in [2.45, 2.75) is 0 Å². The van der Waals surface area contributed by atoms with Crippen molar-refractivity contribution in [1.29, 1.82) is 0 Å². The van der Waals surface area contributed by atoms with Crippen LogP contribution < -0.4 is 5.32 Å². The number of hydrogen-bond acceptors (Lipinski definition) is 2. The quantitative estimate of drug-likeness (QED) is 0.650. The van der Waals surface area contributed by atoms with E-state index >= 15 is 0 Å². The van der Waals surface area contributed by atoms with Gasteiger partial charge in [-0.15, -0.1) is 0 Å². The van der Waals surface area contributed by atoms with Crippen molar-refractivity contribution in [3.05, 3.63) is 69.2 Å². The number of carbonyl (C=O) groups is 1. The Bertz CT molecular complexity index is 833. The summed E-state index contributed by atoms with van der Waals surface area (Å²) in [5.74, 6) is -0.180. The molecule has 0 radical (unpaired) electrons. The number of carbonyl (C=O) groups excluding carboxylic acids is 1. The van der Waals surface area contributed by atoms with Gasteiger partial charge >= 0.3 is 0 Å². The second kappa shape index (κ2) is 5.95. The zero-order valence-corrected chi connectivity index (χ0v) is 14.0. The van der Waals surface area contributed by atoms with E-state index in [-0.39, 0.29) is 5.91 Å². The van der Waals surface area contributed by atoms with Crippen molar-refractivity contribution in [3.8, 4) is 0 Å². The molecule has 21 heavy (non-hydrogen) atoms. The fourth-order valence-corrected chi connectivity index (χ4v) is 2.80. The van der Waals surface area contributed by atoms with Crippen molar-refractivity contribution in [3.63, 3.8) is 0 Å². The highest BCUT2D eigenvalue weighted by atomic mass is 79.9. The highest BCUT2D eigenvalue weighted by Gasteiger charge is 2.11. The summed E-state index contributed by atoms with van der Waals surface area (Å²) in [6.45, 7) is 0. The largest absolute Gasteiger partial charge is 0.321 e. The number of pyridine rings is 1. The Morgan fingerprint density at radius 3 is 2.71 bits per heavy atom. The first-order valence-corrected chi connectivity index (χ1v) is 7.83. The molecule has 5 heteroatoms. The van der Waals surface area contributed by atoms with Crippen LogP contribution in [0.3, 0.4) is 0 Å². The number of aromatic nitrogens is 1. The first-order chi connectivity index (χ1) is 10.1. The van der Waals surface area contributed by atoms with Gasteiger partial charge in [0.15, 0.2) is 0 Å². The fourth-order valence-electron chi connectivity index (χ4n) is 2.01.